The van der Waals surface area contributed by atoms with Crippen LogP contribution in [-0.2, 0) is 16.1 Å². The average Bonchev–Trinajstić information content (AvgIpc) is 3.06. The van der Waals surface area contributed by atoms with Crippen molar-refractivity contribution in [1.29, 1.82) is 0 Å². The van der Waals surface area contributed by atoms with Gasteiger partial charge in [-0.1, -0.05) is 48.5 Å². The van der Waals surface area contributed by atoms with Gasteiger partial charge < -0.3 is 19.8 Å². The zero-order chi connectivity index (χ0) is 18.5. The van der Waals surface area contributed by atoms with Crippen molar-refractivity contribution in [3.8, 4) is 0 Å². The second-order valence-corrected chi connectivity index (χ2v) is 5.88. The Labute approximate surface area is 151 Å². The maximum Gasteiger partial charge on any atom is 0.407 e. The van der Waals surface area contributed by atoms with Gasteiger partial charge in [-0.3, -0.25) is 0 Å². The fraction of sp³-hybridized carbons (Fsp3) is 0.200. The number of rotatable bonds is 5. The number of alkyl carbamates (subject to hydrolysis) is 1. The summed E-state index contributed by atoms with van der Waals surface area (Å²) >= 11 is 0. The third-order valence-electron chi connectivity index (χ3n) is 4.10. The van der Waals surface area contributed by atoms with Crippen LogP contribution in [0.2, 0.25) is 0 Å². The van der Waals surface area contributed by atoms with Crippen LogP contribution in [0.5, 0.6) is 0 Å². The number of esters is 1. The molecule has 6 nitrogen and oxygen atoms in total. The zero-order valence-corrected chi connectivity index (χ0v) is 14.6. The molecule has 3 aromatic rings. The summed E-state index contributed by atoms with van der Waals surface area (Å²) in [4.78, 5) is 27.5. The Bertz CT molecular complexity index is 918. The number of ether oxygens (including phenoxy) is 2. The van der Waals surface area contributed by atoms with Gasteiger partial charge in [-0.25, -0.2) is 9.59 Å². The van der Waals surface area contributed by atoms with Crippen LogP contribution in [0.4, 0.5) is 4.79 Å². The van der Waals surface area contributed by atoms with Crippen LogP contribution in [0.1, 0.15) is 34.6 Å². The normalized spacial score (nSPS) is 11.8. The molecule has 0 saturated carbocycles. The van der Waals surface area contributed by atoms with Crippen LogP contribution >= 0.6 is 0 Å². The van der Waals surface area contributed by atoms with E-state index in [1.54, 1.807) is 6.92 Å². The van der Waals surface area contributed by atoms with E-state index in [4.69, 9.17) is 9.47 Å². The minimum Gasteiger partial charge on any atom is -0.465 e. The minimum absolute atomic E-state index is 0.177. The predicted octanol–water partition coefficient (Wildman–Crippen LogP) is 3.94. The van der Waals surface area contributed by atoms with Crippen molar-refractivity contribution in [2.24, 2.45) is 0 Å². The molecule has 0 radical (unpaired) electrons. The maximum atomic E-state index is 12.2. The van der Waals surface area contributed by atoms with E-state index in [-0.39, 0.29) is 6.61 Å². The molecule has 0 aliphatic rings. The molecule has 2 aromatic carbocycles. The van der Waals surface area contributed by atoms with Crippen LogP contribution in [0.25, 0.3) is 10.9 Å². The van der Waals surface area contributed by atoms with E-state index < -0.39 is 18.1 Å². The third-order valence-corrected chi connectivity index (χ3v) is 4.10. The molecule has 0 aliphatic heterocycles. The van der Waals surface area contributed by atoms with Gasteiger partial charge in [-0.15, -0.1) is 0 Å². The van der Waals surface area contributed by atoms with Crippen molar-refractivity contribution < 1.29 is 19.1 Å². The van der Waals surface area contributed by atoms with Crippen molar-refractivity contribution in [1.82, 2.24) is 10.3 Å². The van der Waals surface area contributed by atoms with E-state index in [0.717, 1.165) is 16.5 Å². The highest BCUT2D eigenvalue weighted by molar-refractivity contribution is 6.05. The number of carbonyl (C=O) groups excluding carboxylic acids is 2. The Kier molecular flexibility index (Phi) is 5.22. The van der Waals surface area contributed by atoms with E-state index in [2.05, 4.69) is 10.3 Å². The summed E-state index contributed by atoms with van der Waals surface area (Å²) in [6, 6.07) is 16.4. The number of fused-ring (bicyclic) bond motifs is 1. The molecule has 0 spiro atoms. The first-order valence-electron chi connectivity index (χ1n) is 8.26. The van der Waals surface area contributed by atoms with E-state index in [0.29, 0.717) is 11.3 Å². The molecular formula is C20H20N2O4. The van der Waals surface area contributed by atoms with Crippen LogP contribution in [0.15, 0.2) is 54.6 Å². The van der Waals surface area contributed by atoms with E-state index >= 15 is 0 Å². The lowest BCUT2D eigenvalue weighted by Crippen LogP contribution is -2.28. The first-order chi connectivity index (χ1) is 12.6. The Hall–Kier alpha value is -3.28. The van der Waals surface area contributed by atoms with Crippen molar-refractivity contribution in [2.45, 2.75) is 19.6 Å². The lowest BCUT2D eigenvalue weighted by molar-refractivity contribution is 0.0600. The van der Waals surface area contributed by atoms with Gasteiger partial charge in [-0.05, 0) is 18.6 Å². The maximum absolute atomic E-state index is 12.2. The van der Waals surface area contributed by atoms with Crippen LogP contribution in [0, 0.1) is 0 Å². The standard InChI is InChI=1S/C20H20N2O4/c1-13(21-20(24)26-12-14-8-4-3-5-9-14)18-17(19(23)25-2)15-10-6-7-11-16(15)22-18/h3-11,13,22H,12H2,1-2H3,(H,21,24)/t13-/m0/s1. The molecule has 0 saturated heterocycles. The number of H-pyrrole nitrogens is 1. The minimum atomic E-state index is -0.559. The number of nitrogens with one attached hydrogen (secondary N) is 2. The van der Waals surface area contributed by atoms with Gasteiger partial charge in [0.25, 0.3) is 0 Å². The quantitative estimate of drug-likeness (QED) is 0.682. The molecule has 2 N–H and O–H groups in total. The second-order valence-electron chi connectivity index (χ2n) is 5.88. The number of hydrogen-bond donors (Lipinski definition) is 2. The molecule has 0 aliphatic carbocycles. The van der Waals surface area contributed by atoms with Crippen LogP contribution < -0.4 is 5.32 Å². The Morgan fingerprint density at radius 3 is 2.50 bits per heavy atom. The van der Waals surface area contributed by atoms with Gasteiger partial charge in [-0.2, -0.15) is 0 Å². The fourth-order valence-corrected chi connectivity index (χ4v) is 2.82. The summed E-state index contributed by atoms with van der Waals surface area (Å²) < 4.78 is 10.1. The number of hydrogen-bond acceptors (Lipinski definition) is 4. The lowest BCUT2D eigenvalue weighted by atomic mass is 10.1. The second kappa shape index (κ2) is 7.74. The summed E-state index contributed by atoms with van der Waals surface area (Å²) in [7, 11) is 1.33. The van der Waals surface area contributed by atoms with Crippen LogP contribution in [0.3, 0.4) is 0 Å². The molecule has 1 atom stereocenters. The number of amides is 1. The summed E-state index contributed by atoms with van der Waals surface area (Å²) in [5, 5.41) is 3.50. The first kappa shape index (κ1) is 17.5. The Balaban J connectivity index is 1.75. The van der Waals surface area contributed by atoms with Crippen molar-refractivity contribution >= 4 is 23.0 Å². The number of aromatic nitrogens is 1. The van der Waals surface area contributed by atoms with Gasteiger partial charge in [0.15, 0.2) is 0 Å². The molecule has 1 heterocycles. The summed E-state index contributed by atoms with van der Waals surface area (Å²) in [6.07, 6.45) is -0.559. The smallest absolute Gasteiger partial charge is 0.407 e. The van der Waals surface area contributed by atoms with E-state index in [1.165, 1.54) is 7.11 Å². The predicted molar refractivity (Wildman–Crippen MR) is 97.8 cm³/mol. The molecule has 0 unspecified atom stereocenters. The lowest BCUT2D eigenvalue weighted by Gasteiger charge is -2.14. The monoisotopic (exact) mass is 352 g/mol. The Morgan fingerprint density at radius 1 is 1.08 bits per heavy atom. The van der Waals surface area contributed by atoms with E-state index in [1.807, 2.05) is 54.6 Å². The van der Waals surface area contributed by atoms with Crippen molar-refractivity contribution in [3.63, 3.8) is 0 Å². The fourth-order valence-electron chi connectivity index (χ4n) is 2.82. The molecule has 1 amide bonds. The summed E-state index contributed by atoms with van der Waals surface area (Å²) in [5.74, 6) is -0.455. The van der Waals surface area contributed by atoms with Gasteiger partial charge in [0.2, 0.25) is 0 Å². The van der Waals surface area contributed by atoms with Crippen LogP contribution in [-0.4, -0.2) is 24.2 Å². The van der Waals surface area contributed by atoms with Gasteiger partial charge in [0, 0.05) is 10.9 Å². The van der Waals surface area contributed by atoms with Gasteiger partial charge in [0.1, 0.15) is 6.61 Å². The average molecular weight is 352 g/mol. The summed E-state index contributed by atoms with van der Waals surface area (Å²) in [5.41, 5.74) is 2.69. The number of benzene rings is 2. The van der Waals surface area contributed by atoms with Gasteiger partial charge in [0.05, 0.1) is 24.4 Å². The Morgan fingerprint density at radius 2 is 1.77 bits per heavy atom. The molecule has 6 heteroatoms. The van der Waals surface area contributed by atoms with Gasteiger partial charge >= 0.3 is 12.1 Å². The number of para-hydroxylation sites is 1. The van der Waals surface area contributed by atoms with Crippen molar-refractivity contribution in [2.75, 3.05) is 7.11 Å². The molecule has 0 fully saturated rings. The number of methoxy groups -OCH3 is 1. The number of carbonyl (C=O) groups is 2. The van der Waals surface area contributed by atoms with Crippen molar-refractivity contribution in [3.05, 3.63) is 71.4 Å². The van der Waals surface area contributed by atoms with E-state index in [9.17, 15) is 9.59 Å². The number of aromatic amines is 1. The zero-order valence-electron chi connectivity index (χ0n) is 14.6. The molecular weight excluding hydrogens is 332 g/mol. The molecule has 0 bridgehead atoms. The first-order valence-corrected chi connectivity index (χ1v) is 8.26. The highest BCUT2D eigenvalue weighted by Gasteiger charge is 2.24. The highest BCUT2D eigenvalue weighted by Crippen LogP contribution is 2.27. The molecule has 134 valence electrons. The topological polar surface area (TPSA) is 80.4 Å². The third kappa shape index (κ3) is 3.69. The largest absolute Gasteiger partial charge is 0.465 e. The SMILES string of the molecule is COC(=O)c1c([C@H](C)NC(=O)OCc2ccccc2)[nH]c2ccccc12. The molecule has 1 aromatic heterocycles. The summed E-state index contributed by atoms with van der Waals surface area (Å²) in [6.45, 7) is 1.96. The molecule has 26 heavy (non-hydrogen) atoms. The molecule has 3 rings (SSSR count). The highest BCUT2D eigenvalue weighted by atomic mass is 16.5.